The number of anilines is 2. The van der Waals surface area contributed by atoms with Gasteiger partial charge in [-0.3, -0.25) is 4.79 Å². The number of benzene rings is 2. The van der Waals surface area contributed by atoms with Gasteiger partial charge >= 0.3 is 0 Å². The fraction of sp³-hybridized carbons (Fsp3) is 0.318. The lowest BCUT2D eigenvalue weighted by Crippen LogP contribution is -2.23. The van der Waals surface area contributed by atoms with Crippen LogP contribution in [-0.2, 0) is 4.79 Å². The van der Waals surface area contributed by atoms with Gasteiger partial charge in [0.15, 0.2) is 0 Å². The van der Waals surface area contributed by atoms with Gasteiger partial charge in [0.1, 0.15) is 5.75 Å². The molecule has 1 aliphatic heterocycles. The second-order valence-corrected chi connectivity index (χ2v) is 6.55. The molecule has 2 aromatic rings. The number of hydrogen-bond acceptors (Lipinski definition) is 3. The number of methoxy groups -OCH3 is 1. The molecule has 136 valence electrons. The van der Waals surface area contributed by atoms with Crippen molar-refractivity contribution in [2.75, 3.05) is 30.4 Å². The molecule has 4 heteroatoms. The van der Waals surface area contributed by atoms with E-state index in [1.165, 1.54) is 37.4 Å². The van der Waals surface area contributed by atoms with Crippen molar-refractivity contribution in [2.45, 2.75) is 25.7 Å². The Labute approximate surface area is 155 Å². The van der Waals surface area contributed by atoms with Crippen molar-refractivity contribution in [1.82, 2.24) is 0 Å². The maximum atomic E-state index is 12.1. The normalized spacial score (nSPS) is 14.9. The van der Waals surface area contributed by atoms with Crippen LogP contribution < -0.4 is 15.0 Å². The van der Waals surface area contributed by atoms with E-state index >= 15 is 0 Å². The number of carbonyl (C=O) groups excluding carboxylic acids is 1. The minimum Gasteiger partial charge on any atom is -0.497 e. The largest absolute Gasteiger partial charge is 0.497 e. The molecule has 0 bridgehead atoms. The van der Waals surface area contributed by atoms with Crippen LogP contribution in [0, 0.1) is 0 Å². The summed E-state index contributed by atoms with van der Waals surface area (Å²) in [5.74, 6) is 0.631. The average Bonchev–Trinajstić information content (AvgIpc) is 2.97. The molecule has 1 saturated heterocycles. The van der Waals surface area contributed by atoms with Crippen LogP contribution in [0.2, 0.25) is 0 Å². The topological polar surface area (TPSA) is 41.6 Å². The molecule has 1 heterocycles. The highest BCUT2D eigenvalue weighted by Gasteiger charge is 2.09. The van der Waals surface area contributed by atoms with Crippen LogP contribution in [0.5, 0.6) is 5.75 Å². The molecule has 1 amide bonds. The van der Waals surface area contributed by atoms with E-state index in [4.69, 9.17) is 4.74 Å². The van der Waals surface area contributed by atoms with E-state index in [2.05, 4.69) is 22.3 Å². The molecule has 0 spiro atoms. The monoisotopic (exact) mass is 350 g/mol. The first kappa shape index (κ1) is 18.1. The summed E-state index contributed by atoms with van der Waals surface area (Å²) in [6.07, 6.45) is 8.48. The summed E-state index contributed by atoms with van der Waals surface area (Å²) < 4.78 is 5.19. The van der Waals surface area contributed by atoms with Gasteiger partial charge in [-0.15, -0.1) is 0 Å². The molecule has 0 unspecified atom stereocenters. The van der Waals surface area contributed by atoms with Crippen LogP contribution in [0.25, 0.3) is 6.08 Å². The predicted octanol–water partition coefficient (Wildman–Crippen LogP) is 4.73. The predicted molar refractivity (Wildman–Crippen MR) is 108 cm³/mol. The number of rotatable bonds is 5. The van der Waals surface area contributed by atoms with Crippen LogP contribution in [0.4, 0.5) is 11.4 Å². The number of ether oxygens (including phenoxy) is 1. The Balaban J connectivity index is 1.57. The summed E-state index contributed by atoms with van der Waals surface area (Å²) in [4.78, 5) is 14.6. The third-order valence-corrected chi connectivity index (χ3v) is 4.63. The highest BCUT2D eigenvalue weighted by atomic mass is 16.5. The van der Waals surface area contributed by atoms with Crippen molar-refractivity contribution in [3.05, 3.63) is 60.2 Å². The van der Waals surface area contributed by atoms with Gasteiger partial charge in [-0.05, 0) is 60.9 Å². The van der Waals surface area contributed by atoms with Crippen molar-refractivity contribution in [1.29, 1.82) is 0 Å². The minimum absolute atomic E-state index is 0.143. The third kappa shape index (κ3) is 5.12. The maximum Gasteiger partial charge on any atom is 0.248 e. The van der Waals surface area contributed by atoms with E-state index in [-0.39, 0.29) is 5.91 Å². The maximum absolute atomic E-state index is 12.1. The van der Waals surface area contributed by atoms with E-state index in [0.717, 1.165) is 30.1 Å². The standard InChI is InChI=1S/C22H26N2O2/c1-26-21-8-6-7-18(17-21)9-14-22(25)23-19-10-12-20(13-11-19)24-15-4-2-3-5-16-24/h6-14,17H,2-5,15-16H2,1H3,(H,23,25)/b14-9+. The first-order valence-electron chi connectivity index (χ1n) is 9.23. The Morgan fingerprint density at radius 2 is 1.77 bits per heavy atom. The highest BCUT2D eigenvalue weighted by Crippen LogP contribution is 2.21. The van der Waals surface area contributed by atoms with Gasteiger partial charge in [0, 0.05) is 30.5 Å². The summed E-state index contributed by atoms with van der Waals surface area (Å²) in [5, 5.41) is 2.91. The van der Waals surface area contributed by atoms with Crippen LogP contribution in [0.1, 0.15) is 31.2 Å². The Morgan fingerprint density at radius 1 is 1.04 bits per heavy atom. The Bertz CT molecular complexity index is 745. The van der Waals surface area contributed by atoms with Gasteiger partial charge in [0.05, 0.1) is 7.11 Å². The number of nitrogens with zero attached hydrogens (tertiary/aromatic N) is 1. The van der Waals surface area contributed by atoms with Crippen molar-refractivity contribution in [3.63, 3.8) is 0 Å². The van der Waals surface area contributed by atoms with E-state index < -0.39 is 0 Å². The zero-order chi connectivity index (χ0) is 18.2. The second kappa shape index (κ2) is 9.09. The van der Waals surface area contributed by atoms with E-state index in [1.807, 2.05) is 36.4 Å². The molecular weight excluding hydrogens is 324 g/mol. The molecule has 1 aliphatic rings. The molecule has 2 aromatic carbocycles. The summed E-state index contributed by atoms with van der Waals surface area (Å²) in [5.41, 5.74) is 2.97. The SMILES string of the molecule is COc1cccc(/C=C/C(=O)Nc2ccc(N3CCCCCC3)cc2)c1. The number of hydrogen-bond donors (Lipinski definition) is 1. The lowest BCUT2D eigenvalue weighted by atomic mass is 10.2. The molecule has 0 radical (unpaired) electrons. The molecule has 4 nitrogen and oxygen atoms in total. The Morgan fingerprint density at radius 3 is 2.46 bits per heavy atom. The molecule has 26 heavy (non-hydrogen) atoms. The van der Waals surface area contributed by atoms with E-state index in [0.29, 0.717) is 0 Å². The molecule has 0 aliphatic carbocycles. The minimum atomic E-state index is -0.143. The molecule has 1 fully saturated rings. The third-order valence-electron chi connectivity index (χ3n) is 4.63. The van der Waals surface area contributed by atoms with E-state index in [1.54, 1.807) is 13.2 Å². The van der Waals surface area contributed by atoms with Gasteiger partial charge in [-0.2, -0.15) is 0 Å². The number of nitrogens with one attached hydrogen (secondary N) is 1. The highest BCUT2D eigenvalue weighted by molar-refractivity contribution is 6.02. The van der Waals surface area contributed by atoms with Crippen LogP contribution >= 0.6 is 0 Å². The molecule has 0 atom stereocenters. The molecule has 0 aromatic heterocycles. The molecular formula is C22H26N2O2. The van der Waals surface area contributed by atoms with Crippen molar-refractivity contribution in [3.8, 4) is 5.75 Å². The molecule has 0 saturated carbocycles. The quantitative estimate of drug-likeness (QED) is 0.793. The van der Waals surface area contributed by atoms with Crippen molar-refractivity contribution in [2.24, 2.45) is 0 Å². The average molecular weight is 350 g/mol. The lowest BCUT2D eigenvalue weighted by molar-refractivity contribution is -0.111. The summed E-state index contributed by atoms with van der Waals surface area (Å²) in [6, 6.07) is 15.7. The van der Waals surface area contributed by atoms with Crippen LogP contribution in [0.15, 0.2) is 54.6 Å². The van der Waals surface area contributed by atoms with Gasteiger partial charge in [0.2, 0.25) is 5.91 Å². The van der Waals surface area contributed by atoms with Gasteiger partial charge < -0.3 is 15.0 Å². The number of carbonyl (C=O) groups is 1. The van der Waals surface area contributed by atoms with Crippen molar-refractivity contribution >= 4 is 23.4 Å². The van der Waals surface area contributed by atoms with Gasteiger partial charge in [0.25, 0.3) is 0 Å². The van der Waals surface area contributed by atoms with Crippen LogP contribution in [-0.4, -0.2) is 26.1 Å². The fourth-order valence-electron chi connectivity index (χ4n) is 3.19. The van der Waals surface area contributed by atoms with Gasteiger partial charge in [-0.1, -0.05) is 25.0 Å². The zero-order valence-electron chi connectivity index (χ0n) is 15.3. The smallest absolute Gasteiger partial charge is 0.248 e. The van der Waals surface area contributed by atoms with Crippen LogP contribution in [0.3, 0.4) is 0 Å². The second-order valence-electron chi connectivity index (χ2n) is 6.55. The zero-order valence-corrected chi connectivity index (χ0v) is 15.3. The fourth-order valence-corrected chi connectivity index (χ4v) is 3.19. The molecule has 1 N–H and O–H groups in total. The summed E-state index contributed by atoms with van der Waals surface area (Å²) in [7, 11) is 1.63. The van der Waals surface area contributed by atoms with Gasteiger partial charge in [-0.25, -0.2) is 0 Å². The first-order valence-corrected chi connectivity index (χ1v) is 9.23. The Kier molecular flexibility index (Phi) is 6.31. The Hall–Kier alpha value is -2.75. The summed E-state index contributed by atoms with van der Waals surface area (Å²) >= 11 is 0. The number of amides is 1. The summed E-state index contributed by atoms with van der Waals surface area (Å²) in [6.45, 7) is 2.24. The lowest BCUT2D eigenvalue weighted by Gasteiger charge is -2.22. The molecule has 3 rings (SSSR count). The van der Waals surface area contributed by atoms with E-state index in [9.17, 15) is 4.79 Å². The van der Waals surface area contributed by atoms with Crippen molar-refractivity contribution < 1.29 is 9.53 Å². The first-order chi connectivity index (χ1) is 12.7.